The van der Waals surface area contributed by atoms with Gasteiger partial charge in [-0.15, -0.1) is 0 Å². The fourth-order valence-electron chi connectivity index (χ4n) is 2.44. The minimum atomic E-state index is -0.194. The van der Waals surface area contributed by atoms with Gasteiger partial charge in [0.25, 0.3) is 0 Å². The third kappa shape index (κ3) is 3.42. The number of H-pyrrole nitrogens is 1. The first-order valence-corrected chi connectivity index (χ1v) is 7.59. The van der Waals surface area contributed by atoms with Gasteiger partial charge in [-0.25, -0.2) is 0 Å². The Bertz CT molecular complexity index is 768. The van der Waals surface area contributed by atoms with Crippen molar-refractivity contribution in [1.29, 1.82) is 0 Å². The monoisotopic (exact) mass is 294 g/mol. The summed E-state index contributed by atoms with van der Waals surface area (Å²) in [6, 6.07) is 16.6. The highest BCUT2D eigenvalue weighted by atomic mass is 16.5. The van der Waals surface area contributed by atoms with E-state index in [4.69, 9.17) is 4.74 Å². The van der Waals surface area contributed by atoms with Crippen molar-refractivity contribution >= 4 is 16.6 Å². The van der Waals surface area contributed by atoms with Crippen LogP contribution in [0.1, 0.15) is 26.3 Å². The van der Waals surface area contributed by atoms with E-state index in [0.29, 0.717) is 0 Å². The second-order valence-electron chi connectivity index (χ2n) is 6.46. The number of nitrogens with one attached hydrogen (secondary N) is 2. The summed E-state index contributed by atoms with van der Waals surface area (Å²) in [6.07, 6.45) is 1.96. The van der Waals surface area contributed by atoms with Gasteiger partial charge in [-0.1, -0.05) is 18.2 Å². The number of benzene rings is 2. The molecule has 0 spiro atoms. The zero-order valence-corrected chi connectivity index (χ0v) is 13.3. The number of hydrogen-bond acceptors (Lipinski definition) is 2. The van der Waals surface area contributed by atoms with Crippen molar-refractivity contribution in [2.24, 2.45) is 0 Å². The van der Waals surface area contributed by atoms with Crippen LogP contribution in [0.5, 0.6) is 5.75 Å². The highest BCUT2D eigenvalue weighted by molar-refractivity contribution is 5.82. The number of hydrogen-bond donors (Lipinski definition) is 2. The molecule has 1 aromatic heterocycles. The normalized spacial score (nSPS) is 11.6. The smallest absolute Gasteiger partial charge is 0.125 e. The quantitative estimate of drug-likeness (QED) is 0.713. The van der Waals surface area contributed by atoms with Crippen LogP contribution in [0.25, 0.3) is 10.9 Å². The molecule has 0 amide bonds. The topological polar surface area (TPSA) is 37.0 Å². The van der Waals surface area contributed by atoms with E-state index >= 15 is 0 Å². The van der Waals surface area contributed by atoms with Crippen molar-refractivity contribution in [3.63, 3.8) is 0 Å². The molecule has 0 aliphatic carbocycles. The van der Waals surface area contributed by atoms with Crippen molar-refractivity contribution in [3.8, 4) is 5.75 Å². The molecule has 0 bridgehead atoms. The Morgan fingerprint density at radius 1 is 1.05 bits per heavy atom. The maximum Gasteiger partial charge on any atom is 0.125 e. The summed E-state index contributed by atoms with van der Waals surface area (Å²) in [6.45, 7) is 6.94. The molecular formula is C19H22N2O. The van der Waals surface area contributed by atoms with Gasteiger partial charge in [-0.3, -0.25) is 0 Å². The van der Waals surface area contributed by atoms with Gasteiger partial charge in [0.15, 0.2) is 0 Å². The Morgan fingerprint density at radius 3 is 2.68 bits per heavy atom. The molecule has 0 saturated carbocycles. The van der Waals surface area contributed by atoms with E-state index in [1.807, 2.05) is 24.4 Å². The van der Waals surface area contributed by atoms with E-state index in [0.717, 1.165) is 29.1 Å². The maximum atomic E-state index is 6.03. The van der Waals surface area contributed by atoms with E-state index < -0.39 is 0 Å². The number of ether oxygens (including phenoxy) is 1. The number of para-hydroxylation sites is 1. The molecule has 0 atom stereocenters. The molecule has 3 aromatic rings. The number of fused-ring (bicyclic) bond motifs is 1. The first-order valence-electron chi connectivity index (χ1n) is 7.59. The summed E-state index contributed by atoms with van der Waals surface area (Å²) in [7, 11) is 0. The van der Waals surface area contributed by atoms with E-state index in [1.54, 1.807) is 0 Å². The van der Waals surface area contributed by atoms with E-state index in [2.05, 4.69) is 61.4 Å². The molecule has 3 rings (SSSR count). The van der Waals surface area contributed by atoms with E-state index in [9.17, 15) is 0 Å². The summed E-state index contributed by atoms with van der Waals surface area (Å²) in [4.78, 5) is 3.21. The van der Waals surface area contributed by atoms with Gasteiger partial charge in [0.05, 0.1) is 0 Å². The first-order chi connectivity index (χ1) is 10.5. The fourth-order valence-corrected chi connectivity index (χ4v) is 2.44. The Kier molecular flexibility index (Phi) is 3.80. The molecule has 3 heteroatoms. The zero-order chi connectivity index (χ0) is 15.6. The van der Waals surface area contributed by atoms with E-state index in [1.165, 1.54) is 5.39 Å². The van der Waals surface area contributed by atoms with Gasteiger partial charge in [0.1, 0.15) is 11.4 Å². The molecule has 0 unspecified atom stereocenters. The lowest BCUT2D eigenvalue weighted by Crippen LogP contribution is -2.23. The maximum absolute atomic E-state index is 6.03. The average molecular weight is 294 g/mol. The zero-order valence-electron chi connectivity index (χ0n) is 13.3. The standard InChI is InChI=1S/C19H22N2O/c1-19(2,3)22-18-7-5-4-6-15(18)13-21-16-8-9-17-14(12-16)10-11-20-17/h4-12,20-21H,13H2,1-3H3. The molecule has 0 radical (unpaired) electrons. The third-order valence-electron chi connectivity index (χ3n) is 3.43. The van der Waals surface area contributed by atoms with Crippen molar-refractivity contribution in [2.75, 3.05) is 5.32 Å². The molecule has 0 aliphatic heterocycles. The lowest BCUT2D eigenvalue weighted by molar-refractivity contribution is 0.129. The molecular weight excluding hydrogens is 272 g/mol. The SMILES string of the molecule is CC(C)(C)Oc1ccccc1CNc1ccc2[nH]ccc2c1. The first kappa shape index (κ1) is 14.5. The van der Waals surface area contributed by atoms with Crippen molar-refractivity contribution < 1.29 is 4.74 Å². The van der Waals surface area contributed by atoms with Gasteiger partial charge in [-0.05, 0) is 51.1 Å². The van der Waals surface area contributed by atoms with E-state index in [-0.39, 0.29) is 5.60 Å². The van der Waals surface area contributed by atoms with Gasteiger partial charge in [0.2, 0.25) is 0 Å². The molecule has 0 fully saturated rings. The molecule has 114 valence electrons. The highest BCUT2D eigenvalue weighted by Crippen LogP contribution is 2.24. The Balaban J connectivity index is 1.75. The number of rotatable bonds is 4. The Labute approximate surface area is 131 Å². The van der Waals surface area contributed by atoms with Gasteiger partial charge in [-0.2, -0.15) is 0 Å². The Morgan fingerprint density at radius 2 is 1.86 bits per heavy atom. The Hall–Kier alpha value is -2.42. The van der Waals surface area contributed by atoms with Gasteiger partial charge < -0.3 is 15.0 Å². The van der Waals surface area contributed by atoms with Crippen LogP contribution >= 0.6 is 0 Å². The number of aromatic nitrogens is 1. The number of anilines is 1. The summed E-state index contributed by atoms with van der Waals surface area (Å²) < 4.78 is 6.03. The summed E-state index contributed by atoms with van der Waals surface area (Å²) in [5.74, 6) is 0.935. The predicted molar refractivity (Wildman–Crippen MR) is 92.4 cm³/mol. The average Bonchev–Trinajstić information content (AvgIpc) is 2.92. The molecule has 3 nitrogen and oxygen atoms in total. The molecule has 2 aromatic carbocycles. The van der Waals surface area contributed by atoms with Gasteiger partial charge in [0, 0.05) is 34.9 Å². The second-order valence-corrected chi connectivity index (χ2v) is 6.46. The highest BCUT2D eigenvalue weighted by Gasteiger charge is 2.14. The molecule has 22 heavy (non-hydrogen) atoms. The van der Waals surface area contributed by atoms with Gasteiger partial charge >= 0.3 is 0 Å². The second kappa shape index (κ2) is 5.76. The minimum Gasteiger partial charge on any atom is -0.488 e. The fraction of sp³-hybridized carbons (Fsp3) is 0.263. The van der Waals surface area contributed by atoms with Crippen LogP contribution < -0.4 is 10.1 Å². The third-order valence-corrected chi connectivity index (χ3v) is 3.43. The van der Waals surface area contributed by atoms with Crippen molar-refractivity contribution in [1.82, 2.24) is 4.98 Å². The van der Waals surface area contributed by atoms with Crippen molar-refractivity contribution in [2.45, 2.75) is 32.9 Å². The summed E-state index contributed by atoms with van der Waals surface area (Å²) in [5, 5.41) is 4.69. The lowest BCUT2D eigenvalue weighted by Gasteiger charge is -2.23. The van der Waals surface area contributed by atoms with Crippen LogP contribution in [-0.4, -0.2) is 10.6 Å². The predicted octanol–water partition coefficient (Wildman–Crippen LogP) is 4.96. The van der Waals surface area contributed by atoms with Crippen LogP contribution in [0.4, 0.5) is 5.69 Å². The van der Waals surface area contributed by atoms with Crippen LogP contribution in [0.15, 0.2) is 54.7 Å². The van der Waals surface area contributed by atoms with Crippen LogP contribution in [0.2, 0.25) is 0 Å². The lowest BCUT2D eigenvalue weighted by atomic mass is 10.1. The minimum absolute atomic E-state index is 0.194. The molecule has 1 heterocycles. The molecule has 0 aliphatic rings. The van der Waals surface area contributed by atoms with Crippen LogP contribution in [0, 0.1) is 0 Å². The molecule has 0 saturated heterocycles. The van der Waals surface area contributed by atoms with Crippen molar-refractivity contribution in [3.05, 3.63) is 60.3 Å². The molecule has 2 N–H and O–H groups in total. The summed E-state index contributed by atoms with van der Waals surface area (Å²) in [5.41, 5.74) is 3.23. The largest absolute Gasteiger partial charge is 0.488 e. The number of aromatic amines is 1. The van der Waals surface area contributed by atoms with Crippen LogP contribution in [-0.2, 0) is 6.54 Å². The summed E-state index contributed by atoms with van der Waals surface area (Å²) >= 11 is 0. The van der Waals surface area contributed by atoms with Crippen LogP contribution in [0.3, 0.4) is 0 Å².